The number of aryl methyl sites for hydroxylation is 1. The summed E-state index contributed by atoms with van der Waals surface area (Å²) in [6.45, 7) is 5.35. The molecule has 0 amide bonds. The summed E-state index contributed by atoms with van der Waals surface area (Å²) < 4.78 is 16.3. The van der Waals surface area contributed by atoms with Gasteiger partial charge in [-0.2, -0.15) is 0 Å². The summed E-state index contributed by atoms with van der Waals surface area (Å²) in [5, 5.41) is 2.32. The lowest BCUT2D eigenvalue weighted by Crippen LogP contribution is -2.40. The van der Waals surface area contributed by atoms with Crippen molar-refractivity contribution in [2.45, 2.75) is 13.3 Å². The molecular weight excluding hydrogens is 322 g/mol. The number of benzene rings is 2. The van der Waals surface area contributed by atoms with Gasteiger partial charge in [0.15, 0.2) is 11.5 Å². The summed E-state index contributed by atoms with van der Waals surface area (Å²) in [7, 11) is 3.34. The maximum Gasteiger partial charge on any atom is 0.164 e. The fourth-order valence-corrected chi connectivity index (χ4v) is 3.53. The number of rotatable bonds is 4. The van der Waals surface area contributed by atoms with E-state index in [9.17, 15) is 0 Å². The van der Waals surface area contributed by atoms with Crippen molar-refractivity contribution in [2.75, 3.05) is 40.5 Å². The van der Waals surface area contributed by atoms with Crippen molar-refractivity contribution >= 4 is 28.0 Å². The van der Waals surface area contributed by atoms with Gasteiger partial charge >= 0.3 is 0 Å². The van der Waals surface area contributed by atoms with Crippen LogP contribution in [-0.4, -0.2) is 50.4 Å². The van der Waals surface area contributed by atoms with Crippen LogP contribution >= 0.6 is 12.2 Å². The summed E-state index contributed by atoms with van der Waals surface area (Å²) >= 11 is 5.63. The molecule has 0 bridgehead atoms. The van der Waals surface area contributed by atoms with E-state index in [4.69, 9.17) is 26.4 Å². The molecule has 0 N–H and O–H groups in total. The molecule has 0 spiro atoms. The minimum atomic E-state index is 0.758. The molecule has 5 heteroatoms. The van der Waals surface area contributed by atoms with Gasteiger partial charge in [-0.3, -0.25) is 0 Å². The summed E-state index contributed by atoms with van der Waals surface area (Å²) in [5.41, 5.74) is 2.31. The molecule has 1 aliphatic heterocycles. The van der Waals surface area contributed by atoms with Crippen LogP contribution < -0.4 is 9.47 Å². The van der Waals surface area contributed by atoms with E-state index in [1.165, 1.54) is 10.9 Å². The van der Waals surface area contributed by atoms with Crippen LogP contribution in [0.15, 0.2) is 24.3 Å². The van der Waals surface area contributed by atoms with E-state index in [-0.39, 0.29) is 0 Å². The van der Waals surface area contributed by atoms with Gasteiger partial charge < -0.3 is 19.1 Å². The predicted octanol–water partition coefficient (Wildman–Crippen LogP) is 3.37. The number of hydrogen-bond acceptors (Lipinski definition) is 4. The van der Waals surface area contributed by atoms with E-state index >= 15 is 0 Å². The van der Waals surface area contributed by atoms with Crippen molar-refractivity contribution in [3.05, 3.63) is 35.4 Å². The number of morpholine rings is 1. The maximum absolute atomic E-state index is 5.63. The lowest BCUT2D eigenvalue weighted by Gasteiger charge is -2.29. The maximum atomic E-state index is 5.63. The van der Waals surface area contributed by atoms with Crippen molar-refractivity contribution < 1.29 is 14.2 Å². The number of thiocarbonyl (C=S) groups is 1. The predicted molar refractivity (Wildman–Crippen MR) is 100 cm³/mol. The molecule has 1 saturated heterocycles. The molecule has 1 fully saturated rings. The molecule has 0 unspecified atom stereocenters. The zero-order chi connectivity index (χ0) is 17.1. The van der Waals surface area contributed by atoms with Gasteiger partial charge in [-0.05, 0) is 29.3 Å². The second kappa shape index (κ2) is 7.36. The second-order valence-corrected chi connectivity index (χ2v) is 6.43. The fraction of sp³-hybridized carbons (Fsp3) is 0.421. The van der Waals surface area contributed by atoms with Crippen molar-refractivity contribution in [2.24, 2.45) is 0 Å². The highest BCUT2D eigenvalue weighted by Gasteiger charge is 2.15. The third kappa shape index (κ3) is 3.32. The average Bonchev–Trinajstić information content (AvgIpc) is 2.62. The topological polar surface area (TPSA) is 30.9 Å². The van der Waals surface area contributed by atoms with Gasteiger partial charge in [0.25, 0.3) is 0 Å². The Labute approximate surface area is 148 Å². The molecule has 1 heterocycles. The molecule has 2 aromatic rings. The summed E-state index contributed by atoms with van der Waals surface area (Å²) in [5.74, 6) is 1.55. The SMILES string of the molecule is COc1cc2ccc(CC(=S)N3CCOCC3)cc2c(C)c1OC. The quantitative estimate of drug-likeness (QED) is 0.793. The van der Waals surface area contributed by atoms with E-state index in [0.29, 0.717) is 0 Å². The van der Waals surface area contributed by atoms with Gasteiger partial charge in [0.2, 0.25) is 0 Å². The number of hydrogen-bond donors (Lipinski definition) is 0. The van der Waals surface area contributed by atoms with E-state index in [2.05, 4.69) is 30.0 Å². The standard InChI is InChI=1S/C19H23NO3S/c1-13-16-10-14(11-18(24)20-6-8-23-9-7-20)4-5-15(16)12-17(21-2)19(13)22-3/h4-5,10,12H,6-9,11H2,1-3H3. The zero-order valence-corrected chi connectivity index (χ0v) is 15.2. The number of methoxy groups -OCH3 is 2. The van der Waals surface area contributed by atoms with Crippen LogP contribution in [0.5, 0.6) is 11.5 Å². The first-order valence-electron chi connectivity index (χ1n) is 8.13. The normalized spacial score (nSPS) is 14.7. The first kappa shape index (κ1) is 17.0. The van der Waals surface area contributed by atoms with E-state index < -0.39 is 0 Å². The lowest BCUT2D eigenvalue weighted by atomic mass is 9.99. The Hall–Kier alpha value is -1.85. The third-order valence-electron chi connectivity index (χ3n) is 4.52. The average molecular weight is 345 g/mol. The van der Waals surface area contributed by atoms with Gasteiger partial charge in [-0.1, -0.05) is 30.4 Å². The molecule has 24 heavy (non-hydrogen) atoms. The van der Waals surface area contributed by atoms with Gasteiger partial charge in [0.05, 0.1) is 32.4 Å². The molecule has 0 atom stereocenters. The fourth-order valence-electron chi connectivity index (χ4n) is 3.18. The minimum Gasteiger partial charge on any atom is -0.493 e. The van der Waals surface area contributed by atoms with Crippen LogP contribution in [0.3, 0.4) is 0 Å². The molecule has 0 radical (unpaired) electrons. The summed E-state index contributed by atoms with van der Waals surface area (Å²) in [4.78, 5) is 3.22. The van der Waals surface area contributed by atoms with Gasteiger partial charge in [0, 0.05) is 25.1 Å². The summed E-state index contributed by atoms with van der Waals surface area (Å²) in [6, 6.07) is 8.49. The first-order chi connectivity index (χ1) is 11.6. The third-order valence-corrected chi connectivity index (χ3v) is 4.92. The minimum absolute atomic E-state index is 0.758. The Morgan fingerprint density at radius 2 is 1.92 bits per heavy atom. The molecule has 0 aliphatic carbocycles. The largest absolute Gasteiger partial charge is 0.493 e. The first-order valence-corrected chi connectivity index (χ1v) is 8.54. The van der Waals surface area contributed by atoms with Crippen molar-refractivity contribution in [1.29, 1.82) is 0 Å². The smallest absolute Gasteiger partial charge is 0.164 e. The lowest BCUT2D eigenvalue weighted by molar-refractivity contribution is 0.0685. The van der Waals surface area contributed by atoms with Crippen LogP contribution in [0.1, 0.15) is 11.1 Å². The molecule has 1 aliphatic rings. The van der Waals surface area contributed by atoms with E-state index in [0.717, 1.165) is 60.2 Å². The number of ether oxygens (including phenoxy) is 3. The van der Waals surface area contributed by atoms with E-state index in [1.54, 1.807) is 14.2 Å². The van der Waals surface area contributed by atoms with Crippen molar-refractivity contribution in [3.63, 3.8) is 0 Å². The highest BCUT2D eigenvalue weighted by Crippen LogP contribution is 2.37. The number of nitrogens with zero attached hydrogens (tertiary/aromatic N) is 1. The molecule has 0 aromatic heterocycles. The molecule has 3 rings (SSSR count). The van der Waals surface area contributed by atoms with Crippen LogP contribution in [0.4, 0.5) is 0 Å². The molecule has 128 valence electrons. The van der Waals surface area contributed by atoms with Crippen LogP contribution in [0, 0.1) is 6.92 Å². The Bertz CT molecular complexity index is 754. The molecular formula is C19H23NO3S. The molecule has 4 nitrogen and oxygen atoms in total. The molecule has 0 saturated carbocycles. The van der Waals surface area contributed by atoms with Crippen molar-refractivity contribution in [1.82, 2.24) is 4.90 Å². The van der Waals surface area contributed by atoms with Crippen LogP contribution in [-0.2, 0) is 11.2 Å². The summed E-state index contributed by atoms with van der Waals surface area (Å²) in [6.07, 6.45) is 0.777. The van der Waals surface area contributed by atoms with Crippen molar-refractivity contribution in [3.8, 4) is 11.5 Å². The highest BCUT2D eigenvalue weighted by atomic mass is 32.1. The van der Waals surface area contributed by atoms with E-state index in [1.807, 2.05) is 6.07 Å². The Morgan fingerprint density at radius 1 is 1.17 bits per heavy atom. The zero-order valence-electron chi connectivity index (χ0n) is 14.4. The second-order valence-electron chi connectivity index (χ2n) is 5.96. The number of fused-ring (bicyclic) bond motifs is 1. The Morgan fingerprint density at radius 3 is 2.58 bits per heavy atom. The van der Waals surface area contributed by atoms with Gasteiger partial charge in [-0.15, -0.1) is 0 Å². The Kier molecular flexibility index (Phi) is 5.21. The van der Waals surface area contributed by atoms with Gasteiger partial charge in [-0.25, -0.2) is 0 Å². The monoisotopic (exact) mass is 345 g/mol. The Balaban J connectivity index is 1.90. The highest BCUT2D eigenvalue weighted by molar-refractivity contribution is 7.80. The van der Waals surface area contributed by atoms with Gasteiger partial charge in [0.1, 0.15) is 0 Å². The van der Waals surface area contributed by atoms with Crippen LogP contribution in [0.25, 0.3) is 10.8 Å². The van der Waals surface area contributed by atoms with Crippen LogP contribution in [0.2, 0.25) is 0 Å². The molecule has 2 aromatic carbocycles.